The SMILES string of the molecule is CC(=O)OC[C@H]1O[C@@H](SCCCCCNC(=O)[C@H](CC(=O)OC(C)(C)C)NC(=O)OCC2c3ccccc3-c3ccccc32)[C@H](OC(C)=O)[C@@H](OC(C)=O)[C@@H]1OC(C)=O. The van der Waals surface area contributed by atoms with Crippen molar-refractivity contribution in [1.29, 1.82) is 0 Å². The predicted octanol–water partition coefficient (Wildman–Crippen LogP) is 4.73. The fraction of sp³-hybridized carbons (Fsp3) is 0.548. The maximum atomic E-state index is 13.4. The number of carbonyl (C=O) groups is 7. The molecule has 4 rings (SSSR count). The largest absolute Gasteiger partial charge is 0.463 e. The van der Waals surface area contributed by atoms with Crippen LogP contribution in [-0.2, 0) is 61.9 Å². The van der Waals surface area contributed by atoms with E-state index in [1.807, 2.05) is 48.5 Å². The van der Waals surface area contributed by atoms with Crippen LogP contribution in [0.4, 0.5) is 4.79 Å². The van der Waals surface area contributed by atoms with Crippen LogP contribution in [0, 0.1) is 0 Å². The van der Waals surface area contributed by atoms with Gasteiger partial charge in [-0.15, -0.1) is 11.8 Å². The van der Waals surface area contributed by atoms with Gasteiger partial charge in [-0.1, -0.05) is 55.0 Å². The van der Waals surface area contributed by atoms with Gasteiger partial charge in [0.2, 0.25) is 5.91 Å². The number of fused-ring (bicyclic) bond motifs is 3. The molecule has 0 radical (unpaired) electrons. The van der Waals surface area contributed by atoms with Crippen molar-refractivity contribution in [3.63, 3.8) is 0 Å². The molecule has 322 valence electrons. The van der Waals surface area contributed by atoms with Gasteiger partial charge in [0, 0.05) is 40.2 Å². The minimum Gasteiger partial charge on any atom is -0.463 e. The third-order valence-corrected chi connectivity index (χ3v) is 10.3. The Balaban J connectivity index is 1.32. The number of alkyl carbamates (subject to hydrolysis) is 1. The number of carbonyl (C=O) groups excluding carboxylic acids is 7. The van der Waals surface area contributed by atoms with Crippen molar-refractivity contribution in [2.75, 3.05) is 25.5 Å². The molecule has 0 saturated carbocycles. The van der Waals surface area contributed by atoms with Gasteiger partial charge < -0.3 is 43.8 Å². The molecule has 59 heavy (non-hydrogen) atoms. The van der Waals surface area contributed by atoms with E-state index < -0.39 is 89.8 Å². The Morgan fingerprint density at radius 2 is 1.29 bits per heavy atom. The molecule has 0 spiro atoms. The molecule has 0 unspecified atom stereocenters. The molecule has 1 aliphatic carbocycles. The van der Waals surface area contributed by atoms with Gasteiger partial charge in [0.05, 0.1) is 6.42 Å². The molecule has 1 heterocycles. The topological polar surface area (TPSA) is 208 Å². The van der Waals surface area contributed by atoms with Crippen molar-refractivity contribution in [3.8, 4) is 11.1 Å². The Kier molecular flexibility index (Phi) is 17.1. The van der Waals surface area contributed by atoms with Gasteiger partial charge in [-0.2, -0.15) is 0 Å². The van der Waals surface area contributed by atoms with Gasteiger partial charge in [-0.05, 0) is 61.6 Å². The van der Waals surface area contributed by atoms with E-state index in [-0.39, 0.29) is 25.7 Å². The number of hydrogen-bond donors (Lipinski definition) is 2. The minimum atomic E-state index is -1.27. The number of nitrogens with one attached hydrogen (secondary N) is 2. The molecule has 2 amide bonds. The molecule has 0 aromatic heterocycles. The molecule has 2 N–H and O–H groups in total. The van der Waals surface area contributed by atoms with Crippen LogP contribution in [0.1, 0.15) is 91.2 Å². The third-order valence-electron chi connectivity index (χ3n) is 9.09. The van der Waals surface area contributed by atoms with Gasteiger partial charge in [0.15, 0.2) is 18.3 Å². The van der Waals surface area contributed by atoms with E-state index in [0.29, 0.717) is 25.0 Å². The van der Waals surface area contributed by atoms with Crippen LogP contribution >= 0.6 is 11.8 Å². The first kappa shape index (κ1) is 46.5. The fourth-order valence-corrected chi connectivity index (χ4v) is 8.03. The second-order valence-electron chi connectivity index (χ2n) is 15.1. The maximum Gasteiger partial charge on any atom is 0.407 e. The van der Waals surface area contributed by atoms with E-state index in [9.17, 15) is 33.6 Å². The lowest BCUT2D eigenvalue weighted by atomic mass is 9.98. The Morgan fingerprint density at radius 3 is 1.86 bits per heavy atom. The van der Waals surface area contributed by atoms with Crippen molar-refractivity contribution in [3.05, 3.63) is 59.7 Å². The molecule has 2 aliphatic rings. The molecule has 16 nitrogen and oxygen atoms in total. The first-order valence-electron chi connectivity index (χ1n) is 19.5. The summed E-state index contributed by atoms with van der Waals surface area (Å²) in [6.07, 6.45) is -4.21. The smallest absolute Gasteiger partial charge is 0.407 e. The summed E-state index contributed by atoms with van der Waals surface area (Å²) in [7, 11) is 0. The Morgan fingerprint density at radius 1 is 0.712 bits per heavy atom. The number of esters is 5. The van der Waals surface area contributed by atoms with Gasteiger partial charge in [-0.25, -0.2) is 4.79 Å². The van der Waals surface area contributed by atoms with Crippen LogP contribution in [0.2, 0.25) is 0 Å². The maximum absolute atomic E-state index is 13.4. The third kappa shape index (κ3) is 14.3. The molecule has 6 atom stereocenters. The van der Waals surface area contributed by atoms with Crippen LogP contribution in [0.5, 0.6) is 0 Å². The van der Waals surface area contributed by atoms with Crippen molar-refractivity contribution in [2.24, 2.45) is 0 Å². The summed E-state index contributed by atoms with van der Waals surface area (Å²) < 4.78 is 38.8. The highest BCUT2D eigenvalue weighted by molar-refractivity contribution is 7.99. The number of thioether (sulfide) groups is 1. The molecule has 17 heteroatoms. The minimum absolute atomic E-state index is 0.0240. The number of ether oxygens (including phenoxy) is 7. The van der Waals surface area contributed by atoms with Crippen LogP contribution < -0.4 is 10.6 Å². The fourth-order valence-electron chi connectivity index (χ4n) is 6.80. The number of amides is 2. The average Bonchev–Trinajstić information content (AvgIpc) is 3.46. The summed E-state index contributed by atoms with van der Waals surface area (Å²) in [5, 5.41) is 5.34. The van der Waals surface area contributed by atoms with Crippen LogP contribution in [0.15, 0.2) is 48.5 Å². The van der Waals surface area contributed by atoms with E-state index in [2.05, 4.69) is 10.6 Å². The molecule has 2 aromatic carbocycles. The van der Waals surface area contributed by atoms with Crippen LogP contribution in [0.3, 0.4) is 0 Å². The van der Waals surface area contributed by atoms with Crippen molar-refractivity contribution >= 4 is 53.6 Å². The Hall–Kier alpha value is -5.16. The first-order valence-corrected chi connectivity index (χ1v) is 20.5. The number of rotatable bonds is 18. The molecule has 1 aliphatic heterocycles. The molecule has 0 bridgehead atoms. The van der Waals surface area contributed by atoms with Gasteiger partial charge >= 0.3 is 35.9 Å². The van der Waals surface area contributed by atoms with Crippen molar-refractivity contribution < 1.29 is 66.7 Å². The summed E-state index contributed by atoms with van der Waals surface area (Å²) in [6.45, 7) is 9.72. The lowest BCUT2D eigenvalue weighted by Crippen LogP contribution is -2.61. The summed E-state index contributed by atoms with van der Waals surface area (Å²) in [5.74, 6) is -3.72. The molecular weight excluding hydrogens is 789 g/mol. The summed E-state index contributed by atoms with van der Waals surface area (Å²) in [6, 6.07) is 14.5. The molecular formula is C42H54N2O14S. The molecule has 2 aromatic rings. The first-order chi connectivity index (χ1) is 27.9. The average molecular weight is 843 g/mol. The molecule has 1 fully saturated rings. The van der Waals surface area contributed by atoms with E-state index >= 15 is 0 Å². The lowest BCUT2D eigenvalue weighted by molar-refractivity contribution is -0.237. The second-order valence-corrected chi connectivity index (χ2v) is 16.3. The van der Waals surface area contributed by atoms with E-state index in [1.54, 1.807) is 20.8 Å². The summed E-state index contributed by atoms with van der Waals surface area (Å²) in [5.41, 5.74) is 2.49. The van der Waals surface area contributed by atoms with E-state index in [4.69, 9.17) is 33.2 Å². The van der Waals surface area contributed by atoms with Crippen molar-refractivity contribution in [1.82, 2.24) is 10.6 Å². The number of benzene rings is 2. The summed E-state index contributed by atoms with van der Waals surface area (Å²) >= 11 is 1.26. The quantitative estimate of drug-likeness (QED) is 0.118. The van der Waals surface area contributed by atoms with Crippen LogP contribution in [-0.4, -0.2) is 109 Å². The highest BCUT2D eigenvalue weighted by Crippen LogP contribution is 2.44. The highest BCUT2D eigenvalue weighted by atomic mass is 32.2. The normalized spacial score (nSPS) is 20.2. The summed E-state index contributed by atoms with van der Waals surface area (Å²) in [4.78, 5) is 87.1. The van der Waals surface area contributed by atoms with E-state index in [1.165, 1.54) is 25.6 Å². The van der Waals surface area contributed by atoms with E-state index in [0.717, 1.165) is 36.1 Å². The highest BCUT2D eigenvalue weighted by Gasteiger charge is 2.52. The van der Waals surface area contributed by atoms with Crippen molar-refractivity contribution in [2.45, 2.75) is 122 Å². The van der Waals surface area contributed by atoms with Gasteiger partial charge in [0.25, 0.3) is 0 Å². The zero-order chi connectivity index (χ0) is 43.3. The lowest BCUT2D eigenvalue weighted by Gasteiger charge is -2.44. The number of hydrogen-bond acceptors (Lipinski definition) is 15. The zero-order valence-electron chi connectivity index (χ0n) is 34.4. The van der Waals surface area contributed by atoms with Crippen LogP contribution in [0.25, 0.3) is 11.1 Å². The Labute approximate surface area is 348 Å². The monoisotopic (exact) mass is 842 g/mol. The molecule has 1 saturated heterocycles. The zero-order valence-corrected chi connectivity index (χ0v) is 35.3. The second kappa shape index (κ2) is 21.7. The van der Waals surface area contributed by atoms with Gasteiger partial charge in [0.1, 0.15) is 36.4 Å². The predicted molar refractivity (Wildman–Crippen MR) is 214 cm³/mol. The van der Waals surface area contributed by atoms with Gasteiger partial charge in [-0.3, -0.25) is 28.8 Å². The number of unbranched alkanes of at least 4 members (excludes halogenated alkanes) is 2. The standard InChI is InChI=1S/C42H54N2O14S/c1-24(45)52-23-34-36(54-25(2)46)37(55-26(3)47)38(56-27(4)48)40(57-34)59-20-14-8-13-19-43-39(50)33(21-35(49)58-42(5,6)7)44-41(51)53-22-32-30-17-11-9-15-28(30)29-16-10-12-18-31(29)32/h9-12,15-18,32-34,36-38,40H,8,13-14,19-23H2,1-7H3,(H,43,50)(H,44,51)/t33-,34+,36+,37-,38+,40-/m0/s1. The Bertz CT molecular complexity index is 1780.